The number of benzene rings is 1. The van der Waals surface area contributed by atoms with Gasteiger partial charge in [-0.3, -0.25) is 4.79 Å². The molecule has 1 atom stereocenters. The van der Waals surface area contributed by atoms with Gasteiger partial charge in [-0.2, -0.15) is 0 Å². The predicted octanol–water partition coefficient (Wildman–Crippen LogP) is 3.65. The van der Waals surface area contributed by atoms with Crippen LogP contribution >= 0.6 is 23.2 Å². The van der Waals surface area contributed by atoms with Crippen molar-refractivity contribution in [2.24, 2.45) is 5.92 Å². The average Bonchev–Trinajstić information content (AvgIpc) is 2.19. The first-order valence-corrected chi connectivity index (χ1v) is 5.47. The molecule has 0 radical (unpaired) electrons. The minimum Gasteiger partial charge on any atom is -0.481 e. The van der Waals surface area contributed by atoms with E-state index in [-0.39, 0.29) is 0 Å². The second-order valence-electron chi connectivity index (χ2n) is 3.36. The third-order valence-corrected chi connectivity index (χ3v) is 3.20. The number of carboxylic acid groups (broad SMARTS) is 1. The first-order valence-electron chi connectivity index (χ1n) is 4.72. The minimum absolute atomic E-state index is 0.402. The van der Waals surface area contributed by atoms with Crippen LogP contribution in [0.5, 0.6) is 0 Å². The maximum Gasteiger partial charge on any atom is 0.306 e. The Labute approximate surface area is 98.8 Å². The monoisotopic (exact) mass is 246 g/mol. The molecule has 1 aromatic rings. The fourth-order valence-corrected chi connectivity index (χ4v) is 1.78. The van der Waals surface area contributed by atoms with Crippen LogP contribution in [0.1, 0.15) is 18.9 Å². The van der Waals surface area contributed by atoms with Crippen LogP contribution in [0, 0.1) is 5.92 Å². The molecule has 1 N–H and O–H groups in total. The van der Waals surface area contributed by atoms with E-state index in [1.807, 2.05) is 6.92 Å². The largest absolute Gasteiger partial charge is 0.481 e. The van der Waals surface area contributed by atoms with Crippen molar-refractivity contribution in [3.63, 3.8) is 0 Å². The van der Waals surface area contributed by atoms with Crippen LogP contribution in [0.4, 0.5) is 0 Å². The molecule has 15 heavy (non-hydrogen) atoms. The summed E-state index contributed by atoms with van der Waals surface area (Å²) in [4.78, 5) is 10.9. The smallest absolute Gasteiger partial charge is 0.306 e. The molecule has 0 bridgehead atoms. The molecule has 0 heterocycles. The van der Waals surface area contributed by atoms with Gasteiger partial charge in [-0.15, -0.1) is 0 Å². The topological polar surface area (TPSA) is 37.3 Å². The van der Waals surface area contributed by atoms with Crippen LogP contribution in [-0.2, 0) is 11.2 Å². The average molecular weight is 247 g/mol. The lowest BCUT2D eigenvalue weighted by molar-refractivity contribution is -0.141. The van der Waals surface area contributed by atoms with Crippen molar-refractivity contribution in [1.29, 1.82) is 0 Å². The van der Waals surface area contributed by atoms with Gasteiger partial charge in [-0.05, 0) is 24.5 Å². The Morgan fingerprint density at radius 2 is 2.13 bits per heavy atom. The fourth-order valence-electron chi connectivity index (χ4n) is 1.38. The van der Waals surface area contributed by atoms with Crippen molar-refractivity contribution in [2.45, 2.75) is 19.8 Å². The highest BCUT2D eigenvalue weighted by Gasteiger charge is 2.17. The van der Waals surface area contributed by atoms with Crippen molar-refractivity contribution < 1.29 is 9.90 Å². The zero-order valence-electron chi connectivity index (χ0n) is 8.34. The standard InChI is InChI=1S/C11H12Cl2O2/c1-2-7(11(14)15)6-8-4-3-5-9(12)10(8)13/h3-5,7H,2,6H2,1H3,(H,14,15)/t7-/m1/s1. The van der Waals surface area contributed by atoms with Crippen LogP contribution in [0.25, 0.3) is 0 Å². The van der Waals surface area contributed by atoms with E-state index >= 15 is 0 Å². The number of halogens is 2. The molecule has 0 saturated heterocycles. The first kappa shape index (κ1) is 12.3. The van der Waals surface area contributed by atoms with Gasteiger partial charge in [-0.1, -0.05) is 42.3 Å². The second-order valence-corrected chi connectivity index (χ2v) is 4.15. The fraction of sp³-hybridized carbons (Fsp3) is 0.364. The zero-order chi connectivity index (χ0) is 11.4. The van der Waals surface area contributed by atoms with Gasteiger partial charge in [0.05, 0.1) is 16.0 Å². The van der Waals surface area contributed by atoms with E-state index in [2.05, 4.69) is 0 Å². The summed E-state index contributed by atoms with van der Waals surface area (Å²) in [5.74, 6) is -1.20. The van der Waals surface area contributed by atoms with Gasteiger partial charge in [0.15, 0.2) is 0 Å². The molecule has 0 aliphatic heterocycles. The lowest BCUT2D eigenvalue weighted by atomic mass is 9.97. The van der Waals surface area contributed by atoms with Gasteiger partial charge in [0.2, 0.25) is 0 Å². The van der Waals surface area contributed by atoms with Gasteiger partial charge in [0.1, 0.15) is 0 Å². The minimum atomic E-state index is -0.798. The molecule has 0 aliphatic rings. The molecule has 0 unspecified atom stereocenters. The van der Waals surface area contributed by atoms with Crippen molar-refractivity contribution in [1.82, 2.24) is 0 Å². The van der Waals surface area contributed by atoms with Crippen molar-refractivity contribution in [2.75, 3.05) is 0 Å². The van der Waals surface area contributed by atoms with Crippen molar-refractivity contribution in [3.05, 3.63) is 33.8 Å². The quantitative estimate of drug-likeness (QED) is 0.881. The van der Waals surface area contributed by atoms with Crippen LogP contribution in [-0.4, -0.2) is 11.1 Å². The molecule has 1 rings (SSSR count). The summed E-state index contributed by atoms with van der Waals surface area (Å²) < 4.78 is 0. The van der Waals surface area contributed by atoms with Gasteiger partial charge in [-0.25, -0.2) is 0 Å². The first-order chi connectivity index (χ1) is 7.06. The molecule has 0 spiro atoms. The number of aliphatic carboxylic acids is 1. The van der Waals surface area contributed by atoms with Gasteiger partial charge < -0.3 is 5.11 Å². The van der Waals surface area contributed by atoms with Gasteiger partial charge in [0.25, 0.3) is 0 Å². The van der Waals surface area contributed by atoms with Crippen LogP contribution in [0.2, 0.25) is 10.0 Å². The third-order valence-electron chi connectivity index (χ3n) is 2.34. The SMILES string of the molecule is CC[C@H](Cc1cccc(Cl)c1Cl)C(=O)O. The Morgan fingerprint density at radius 1 is 1.47 bits per heavy atom. The van der Waals surface area contributed by atoms with E-state index in [4.69, 9.17) is 28.3 Å². The molecular weight excluding hydrogens is 235 g/mol. The molecule has 0 saturated carbocycles. The summed E-state index contributed by atoms with van der Waals surface area (Å²) in [5, 5.41) is 9.84. The molecule has 2 nitrogen and oxygen atoms in total. The summed E-state index contributed by atoms with van der Waals surface area (Å²) >= 11 is 11.8. The Morgan fingerprint density at radius 3 is 2.67 bits per heavy atom. The number of carboxylic acids is 1. The predicted molar refractivity (Wildman–Crippen MR) is 61.6 cm³/mol. The van der Waals surface area contributed by atoms with E-state index in [1.54, 1.807) is 18.2 Å². The van der Waals surface area contributed by atoms with E-state index in [9.17, 15) is 4.79 Å². The Balaban J connectivity index is 2.88. The summed E-state index contributed by atoms with van der Waals surface area (Å²) in [5.41, 5.74) is 0.790. The number of rotatable bonds is 4. The van der Waals surface area contributed by atoms with E-state index in [1.165, 1.54) is 0 Å². The van der Waals surface area contributed by atoms with Crippen LogP contribution in [0.15, 0.2) is 18.2 Å². The lowest BCUT2D eigenvalue weighted by Crippen LogP contribution is -2.15. The molecule has 0 aliphatic carbocycles. The maximum absolute atomic E-state index is 10.9. The molecule has 4 heteroatoms. The normalized spacial score (nSPS) is 12.5. The molecular formula is C11H12Cl2O2. The maximum atomic E-state index is 10.9. The van der Waals surface area contributed by atoms with E-state index < -0.39 is 11.9 Å². The lowest BCUT2D eigenvalue weighted by Gasteiger charge is -2.11. The Hall–Kier alpha value is -0.730. The molecule has 1 aromatic carbocycles. The summed E-state index contributed by atoms with van der Waals surface area (Å²) in [6.07, 6.45) is 1.00. The zero-order valence-corrected chi connectivity index (χ0v) is 9.85. The Bertz CT molecular complexity index is 364. The van der Waals surface area contributed by atoms with Crippen LogP contribution < -0.4 is 0 Å². The third kappa shape index (κ3) is 3.11. The highest BCUT2D eigenvalue weighted by Crippen LogP contribution is 2.27. The van der Waals surface area contributed by atoms with Crippen molar-refractivity contribution in [3.8, 4) is 0 Å². The molecule has 0 fully saturated rings. The summed E-state index contributed by atoms with van der Waals surface area (Å²) in [7, 11) is 0. The summed E-state index contributed by atoms with van der Waals surface area (Å²) in [6, 6.07) is 5.27. The van der Waals surface area contributed by atoms with E-state index in [0.717, 1.165) is 5.56 Å². The number of hydrogen-bond donors (Lipinski definition) is 1. The van der Waals surface area contributed by atoms with Crippen molar-refractivity contribution >= 4 is 29.2 Å². The Kier molecular flexibility index (Phi) is 4.43. The van der Waals surface area contributed by atoms with Gasteiger partial charge >= 0.3 is 5.97 Å². The van der Waals surface area contributed by atoms with E-state index in [0.29, 0.717) is 22.9 Å². The highest BCUT2D eigenvalue weighted by molar-refractivity contribution is 6.42. The number of hydrogen-bond acceptors (Lipinski definition) is 1. The van der Waals surface area contributed by atoms with Crippen LogP contribution in [0.3, 0.4) is 0 Å². The molecule has 0 amide bonds. The van der Waals surface area contributed by atoms with Gasteiger partial charge in [0, 0.05) is 0 Å². The molecule has 82 valence electrons. The molecule has 0 aromatic heterocycles. The second kappa shape index (κ2) is 5.38. The number of carbonyl (C=O) groups is 1. The highest BCUT2D eigenvalue weighted by atomic mass is 35.5. The summed E-state index contributed by atoms with van der Waals surface area (Å²) in [6.45, 7) is 1.84.